The summed E-state index contributed by atoms with van der Waals surface area (Å²) < 4.78 is 51.0. The Morgan fingerprint density at radius 2 is 1.86 bits per heavy atom. The van der Waals surface area contributed by atoms with Crippen molar-refractivity contribution in [2.24, 2.45) is 0 Å². The van der Waals surface area contributed by atoms with Gasteiger partial charge in [-0.25, -0.2) is 13.4 Å². The fraction of sp³-hybridized carbons (Fsp3) is 0.240. The first-order valence-electron chi connectivity index (χ1n) is 11.4. The lowest BCUT2D eigenvalue weighted by molar-refractivity contribution is 0.353. The second-order valence-electron chi connectivity index (χ2n) is 8.59. The van der Waals surface area contributed by atoms with Crippen LogP contribution < -0.4 is 19.5 Å². The number of hydrogen-bond acceptors (Lipinski definition) is 10. The van der Waals surface area contributed by atoms with Crippen LogP contribution in [0.25, 0.3) is 22.0 Å². The third-order valence-corrected chi connectivity index (χ3v) is 8.20. The Morgan fingerprint density at radius 1 is 1.05 bits per heavy atom. The molecule has 12 heteroatoms. The number of benzene rings is 2. The second-order valence-corrected chi connectivity index (χ2v) is 11.8. The average molecular weight is 540 g/mol. The molecule has 37 heavy (non-hydrogen) atoms. The summed E-state index contributed by atoms with van der Waals surface area (Å²) in [4.78, 5) is 13.7. The zero-order valence-corrected chi connectivity index (χ0v) is 22.0. The molecule has 0 saturated heterocycles. The van der Waals surface area contributed by atoms with E-state index < -0.39 is 21.2 Å². The van der Waals surface area contributed by atoms with Gasteiger partial charge in [-0.2, -0.15) is 4.98 Å². The normalized spacial score (nSPS) is 14.4. The molecule has 2 N–H and O–H groups in total. The lowest BCUT2D eigenvalue weighted by Crippen LogP contribution is -2.26. The standard InChI is InChI=1S/C25H25N5O5S2/c1-34-24-20(13-27-25(29-24)35-2)15-7-10-19-21(11-15)26-14-22(36(31)30-16-8-9-16)23(19)28-17-5-4-6-18(12-17)37(3,32)33/h4-7,10-14,16,30H,8-9H2,1-3H3,(H,26,28). The maximum atomic E-state index is 13.2. The summed E-state index contributed by atoms with van der Waals surface area (Å²) in [5.41, 5.74) is 3.19. The van der Waals surface area contributed by atoms with Crippen LogP contribution in [0, 0.1) is 0 Å². The van der Waals surface area contributed by atoms with Gasteiger partial charge in [0, 0.05) is 23.5 Å². The minimum atomic E-state index is -3.40. The zero-order chi connectivity index (χ0) is 26.2. The smallest absolute Gasteiger partial charge is 0.319 e. The summed E-state index contributed by atoms with van der Waals surface area (Å²) in [6.07, 6.45) is 6.29. The van der Waals surface area contributed by atoms with Gasteiger partial charge in [0.15, 0.2) is 9.84 Å². The number of sulfone groups is 1. The van der Waals surface area contributed by atoms with Gasteiger partial charge >= 0.3 is 6.01 Å². The number of hydrogen-bond donors (Lipinski definition) is 2. The van der Waals surface area contributed by atoms with Crippen LogP contribution in [0.3, 0.4) is 0 Å². The molecule has 2 aromatic heterocycles. The average Bonchev–Trinajstić information content (AvgIpc) is 3.71. The molecule has 1 atom stereocenters. The van der Waals surface area contributed by atoms with Gasteiger partial charge in [-0.3, -0.25) is 4.98 Å². The van der Waals surface area contributed by atoms with Crippen LogP contribution in [0.1, 0.15) is 12.8 Å². The molecule has 0 aliphatic heterocycles. The van der Waals surface area contributed by atoms with E-state index in [0.717, 1.165) is 24.7 Å². The Balaban J connectivity index is 1.61. The molecule has 2 heterocycles. The molecule has 4 aromatic rings. The van der Waals surface area contributed by atoms with E-state index in [1.54, 1.807) is 30.6 Å². The Morgan fingerprint density at radius 3 is 2.57 bits per heavy atom. The Bertz CT molecular complexity index is 1580. The van der Waals surface area contributed by atoms with Gasteiger partial charge in [-0.1, -0.05) is 12.1 Å². The van der Waals surface area contributed by atoms with Gasteiger partial charge in [0.1, 0.15) is 5.69 Å². The van der Waals surface area contributed by atoms with E-state index >= 15 is 0 Å². The number of anilines is 2. The summed E-state index contributed by atoms with van der Waals surface area (Å²) in [5, 5.41) is 4.01. The van der Waals surface area contributed by atoms with E-state index in [4.69, 9.17) is 9.47 Å². The molecule has 0 radical (unpaired) electrons. The van der Waals surface area contributed by atoms with Crippen LogP contribution in [0.5, 0.6) is 11.9 Å². The first-order chi connectivity index (χ1) is 17.8. The van der Waals surface area contributed by atoms with Crippen LogP contribution in [-0.4, -0.2) is 54.4 Å². The minimum Gasteiger partial charge on any atom is -0.593 e. The van der Waals surface area contributed by atoms with Gasteiger partial charge in [-0.05, 0) is 48.7 Å². The Kier molecular flexibility index (Phi) is 6.90. The summed E-state index contributed by atoms with van der Waals surface area (Å²) in [7, 11) is -0.400. The van der Waals surface area contributed by atoms with Crippen molar-refractivity contribution in [2.75, 3.05) is 25.8 Å². The molecule has 5 rings (SSSR count). The van der Waals surface area contributed by atoms with Crippen LogP contribution in [0.15, 0.2) is 64.6 Å². The summed E-state index contributed by atoms with van der Waals surface area (Å²) in [6.45, 7) is 0. The summed E-state index contributed by atoms with van der Waals surface area (Å²) >= 11 is -1.51. The maximum Gasteiger partial charge on any atom is 0.319 e. The number of nitrogens with one attached hydrogen (secondary N) is 2. The van der Waals surface area contributed by atoms with Crippen molar-refractivity contribution >= 4 is 43.5 Å². The van der Waals surface area contributed by atoms with Crippen LogP contribution in [0.2, 0.25) is 0 Å². The van der Waals surface area contributed by atoms with Crippen molar-refractivity contribution in [3.05, 3.63) is 54.9 Å². The molecular formula is C25H25N5O5S2. The van der Waals surface area contributed by atoms with E-state index in [0.29, 0.717) is 38.6 Å². The van der Waals surface area contributed by atoms with Crippen molar-refractivity contribution in [1.29, 1.82) is 0 Å². The lowest BCUT2D eigenvalue weighted by atomic mass is 10.0. The highest BCUT2D eigenvalue weighted by molar-refractivity contribution is 7.90. The molecule has 0 bridgehead atoms. The fourth-order valence-electron chi connectivity index (χ4n) is 3.78. The fourth-order valence-corrected chi connectivity index (χ4v) is 5.61. The monoisotopic (exact) mass is 539 g/mol. The summed E-state index contributed by atoms with van der Waals surface area (Å²) in [5.74, 6) is 0.355. The molecule has 2 aromatic carbocycles. The minimum absolute atomic E-state index is 0.184. The molecule has 1 aliphatic carbocycles. The van der Waals surface area contributed by atoms with Gasteiger partial charge in [0.05, 0.1) is 53.8 Å². The first-order valence-corrected chi connectivity index (χ1v) is 14.4. The van der Waals surface area contributed by atoms with Crippen molar-refractivity contribution < 1.29 is 22.4 Å². The number of pyridine rings is 1. The number of fused-ring (bicyclic) bond motifs is 1. The molecule has 10 nitrogen and oxygen atoms in total. The largest absolute Gasteiger partial charge is 0.593 e. The van der Waals surface area contributed by atoms with E-state index in [9.17, 15) is 13.0 Å². The number of ether oxygens (including phenoxy) is 2. The molecule has 0 amide bonds. The quantitative estimate of drug-likeness (QED) is 0.303. The highest BCUT2D eigenvalue weighted by Crippen LogP contribution is 2.37. The predicted molar refractivity (Wildman–Crippen MR) is 141 cm³/mol. The van der Waals surface area contributed by atoms with Gasteiger partial charge in [-0.15, -0.1) is 4.72 Å². The summed E-state index contributed by atoms with van der Waals surface area (Å²) in [6, 6.07) is 12.5. The SMILES string of the molecule is COc1ncc(-c2ccc3c(Nc4cccc(S(C)(=O)=O)c4)c([S+]([O-])NC4CC4)cnc3c2)c(OC)n1. The predicted octanol–water partition coefficient (Wildman–Crippen LogP) is 3.63. The lowest BCUT2D eigenvalue weighted by Gasteiger charge is -2.17. The molecule has 1 saturated carbocycles. The molecule has 1 fully saturated rings. The zero-order valence-electron chi connectivity index (χ0n) is 20.4. The highest BCUT2D eigenvalue weighted by Gasteiger charge is 2.30. The number of rotatable bonds is 9. The van der Waals surface area contributed by atoms with Crippen molar-refractivity contribution in [2.45, 2.75) is 28.7 Å². The van der Waals surface area contributed by atoms with Crippen molar-refractivity contribution in [1.82, 2.24) is 19.7 Å². The van der Waals surface area contributed by atoms with Gasteiger partial charge in [0.25, 0.3) is 0 Å². The maximum absolute atomic E-state index is 13.2. The second kappa shape index (κ2) is 10.1. The highest BCUT2D eigenvalue weighted by atomic mass is 32.2. The topological polar surface area (TPSA) is 138 Å². The van der Waals surface area contributed by atoms with Crippen molar-refractivity contribution in [3.8, 4) is 23.0 Å². The number of nitrogens with zero attached hydrogens (tertiary/aromatic N) is 3. The van der Waals surface area contributed by atoms with Gasteiger partial charge in [0.2, 0.25) is 10.8 Å². The van der Waals surface area contributed by atoms with Crippen LogP contribution in [-0.2, 0) is 21.2 Å². The van der Waals surface area contributed by atoms with E-state index in [1.807, 2.05) is 18.2 Å². The van der Waals surface area contributed by atoms with E-state index in [2.05, 4.69) is 25.0 Å². The Labute approximate surface area is 217 Å². The molecule has 1 aliphatic rings. The first kappa shape index (κ1) is 25.2. The number of methoxy groups -OCH3 is 2. The van der Waals surface area contributed by atoms with E-state index in [-0.39, 0.29) is 16.9 Å². The third-order valence-electron chi connectivity index (χ3n) is 5.84. The molecule has 1 unspecified atom stereocenters. The van der Waals surface area contributed by atoms with Crippen LogP contribution in [0.4, 0.5) is 11.4 Å². The van der Waals surface area contributed by atoms with Crippen molar-refractivity contribution in [3.63, 3.8) is 0 Å². The third kappa shape index (κ3) is 5.47. The van der Waals surface area contributed by atoms with Crippen LogP contribution >= 0.6 is 0 Å². The Hall–Kier alpha value is -3.45. The molecule has 192 valence electrons. The number of aromatic nitrogens is 3. The van der Waals surface area contributed by atoms with Gasteiger partial charge < -0.3 is 19.3 Å². The van der Waals surface area contributed by atoms with E-state index in [1.165, 1.54) is 20.3 Å². The molecular weight excluding hydrogens is 514 g/mol. The molecule has 0 spiro atoms.